The SMILES string of the molecule is CC(CO)(CO)NS(=O)(=O)c1cc(Br)sc1Br. The summed E-state index contributed by atoms with van der Waals surface area (Å²) in [5.74, 6) is 0. The first-order valence-corrected chi connectivity index (χ1v) is 8.33. The highest BCUT2D eigenvalue weighted by atomic mass is 79.9. The zero-order valence-corrected chi connectivity index (χ0v) is 13.6. The molecule has 3 N–H and O–H groups in total. The summed E-state index contributed by atoms with van der Waals surface area (Å²) in [6.07, 6.45) is 0. The van der Waals surface area contributed by atoms with E-state index in [4.69, 9.17) is 10.2 Å². The predicted octanol–water partition coefficient (Wildman–Crippen LogP) is 1.29. The third-order valence-electron chi connectivity index (χ3n) is 1.99. The highest BCUT2D eigenvalue weighted by Crippen LogP contribution is 2.35. The lowest BCUT2D eigenvalue weighted by Crippen LogP contribution is -2.51. The Balaban J connectivity index is 3.09. The van der Waals surface area contributed by atoms with Crippen molar-refractivity contribution in [1.29, 1.82) is 0 Å². The molecule has 0 amide bonds. The van der Waals surface area contributed by atoms with Gasteiger partial charge in [-0.1, -0.05) is 0 Å². The highest BCUT2D eigenvalue weighted by molar-refractivity contribution is 9.12. The summed E-state index contributed by atoms with van der Waals surface area (Å²) >= 11 is 7.56. The first-order valence-electron chi connectivity index (χ1n) is 4.44. The van der Waals surface area contributed by atoms with Gasteiger partial charge in [0, 0.05) is 0 Å². The molecule has 17 heavy (non-hydrogen) atoms. The van der Waals surface area contributed by atoms with Crippen molar-refractivity contribution in [1.82, 2.24) is 4.72 Å². The van der Waals surface area contributed by atoms with Crippen molar-refractivity contribution in [2.75, 3.05) is 13.2 Å². The molecule has 0 saturated heterocycles. The highest BCUT2D eigenvalue weighted by Gasteiger charge is 2.31. The summed E-state index contributed by atoms with van der Waals surface area (Å²) in [4.78, 5) is 0.0718. The van der Waals surface area contributed by atoms with Gasteiger partial charge in [0.2, 0.25) is 10.0 Å². The lowest BCUT2D eigenvalue weighted by molar-refractivity contribution is 0.122. The number of hydrogen-bond donors (Lipinski definition) is 3. The Morgan fingerprint density at radius 2 is 1.94 bits per heavy atom. The van der Waals surface area contributed by atoms with Crippen LogP contribution in [0.4, 0.5) is 0 Å². The van der Waals surface area contributed by atoms with E-state index < -0.39 is 28.8 Å². The molecule has 1 heterocycles. The van der Waals surface area contributed by atoms with Crippen molar-refractivity contribution >= 4 is 53.2 Å². The Morgan fingerprint density at radius 1 is 1.41 bits per heavy atom. The van der Waals surface area contributed by atoms with Crippen molar-refractivity contribution in [2.24, 2.45) is 0 Å². The van der Waals surface area contributed by atoms with Gasteiger partial charge in [-0.25, -0.2) is 13.1 Å². The average molecular weight is 409 g/mol. The van der Waals surface area contributed by atoms with Crippen LogP contribution in [0.2, 0.25) is 0 Å². The first kappa shape index (κ1) is 15.5. The zero-order chi connectivity index (χ0) is 13.3. The van der Waals surface area contributed by atoms with Gasteiger partial charge in [0.15, 0.2) is 0 Å². The molecule has 0 spiro atoms. The van der Waals surface area contributed by atoms with Gasteiger partial charge in [0.1, 0.15) is 4.90 Å². The molecule has 0 bridgehead atoms. The molecule has 0 saturated carbocycles. The zero-order valence-electron chi connectivity index (χ0n) is 8.77. The van der Waals surface area contributed by atoms with E-state index in [1.807, 2.05) is 0 Å². The number of rotatable bonds is 5. The molecular weight excluding hydrogens is 398 g/mol. The van der Waals surface area contributed by atoms with Crippen molar-refractivity contribution in [2.45, 2.75) is 17.4 Å². The Bertz CT molecular complexity index is 496. The molecule has 0 atom stereocenters. The Labute approximate surface area is 120 Å². The second-order valence-electron chi connectivity index (χ2n) is 3.67. The van der Waals surface area contributed by atoms with Crippen LogP contribution in [0.15, 0.2) is 18.5 Å². The fraction of sp³-hybridized carbons (Fsp3) is 0.500. The maximum absolute atomic E-state index is 12.0. The maximum atomic E-state index is 12.0. The van der Waals surface area contributed by atoms with Crippen LogP contribution in [-0.4, -0.2) is 37.4 Å². The van der Waals surface area contributed by atoms with Crippen molar-refractivity contribution < 1.29 is 18.6 Å². The molecule has 0 aliphatic carbocycles. The van der Waals surface area contributed by atoms with E-state index in [-0.39, 0.29) is 4.90 Å². The molecule has 0 fully saturated rings. The summed E-state index contributed by atoms with van der Waals surface area (Å²) in [6, 6.07) is 1.45. The summed E-state index contributed by atoms with van der Waals surface area (Å²) < 4.78 is 27.4. The van der Waals surface area contributed by atoms with Gasteiger partial charge in [-0.2, -0.15) is 0 Å². The number of thiophene rings is 1. The van der Waals surface area contributed by atoms with E-state index in [1.165, 1.54) is 24.3 Å². The molecule has 5 nitrogen and oxygen atoms in total. The third-order valence-corrected chi connectivity index (χ3v) is 6.39. The standard InChI is InChI=1S/C8H11Br2NO4S2/c1-8(3-12,4-13)11-17(14,15)5-2-6(9)16-7(5)10/h2,11-13H,3-4H2,1H3. The van der Waals surface area contributed by atoms with Gasteiger partial charge in [-0.05, 0) is 44.8 Å². The van der Waals surface area contributed by atoms with Crippen LogP contribution in [0.25, 0.3) is 0 Å². The number of aliphatic hydroxyl groups excluding tert-OH is 2. The van der Waals surface area contributed by atoms with E-state index in [2.05, 4.69) is 36.6 Å². The Kier molecular flexibility index (Phi) is 5.16. The third kappa shape index (κ3) is 3.72. The predicted molar refractivity (Wildman–Crippen MR) is 72.6 cm³/mol. The fourth-order valence-corrected chi connectivity index (χ4v) is 6.21. The molecule has 1 aromatic rings. The lowest BCUT2D eigenvalue weighted by Gasteiger charge is -2.25. The molecule has 0 radical (unpaired) electrons. The Morgan fingerprint density at radius 3 is 2.29 bits per heavy atom. The molecule has 0 unspecified atom stereocenters. The van der Waals surface area contributed by atoms with E-state index in [1.54, 1.807) is 0 Å². The van der Waals surface area contributed by atoms with E-state index >= 15 is 0 Å². The van der Waals surface area contributed by atoms with Gasteiger partial charge in [0.05, 0.1) is 26.3 Å². The van der Waals surface area contributed by atoms with Crippen molar-refractivity contribution in [3.05, 3.63) is 13.6 Å². The minimum Gasteiger partial charge on any atom is -0.394 e. The molecule has 98 valence electrons. The van der Waals surface area contributed by atoms with E-state index in [0.717, 1.165) is 0 Å². The van der Waals surface area contributed by atoms with Gasteiger partial charge >= 0.3 is 0 Å². The van der Waals surface area contributed by atoms with Crippen LogP contribution in [-0.2, 0) is 10.0 Å². The summed E-state index contributed by atoms with van der Waals surface area (Å²) in [5, 5.41) is 18.1. The minimum absolute atomic E-state index is 0.0718. The van der Waals surface area contributed by atoms with Crippen LogP contribution in [0.3, 0.4) is 0 Å². The van der Waals surface area contributed by atoms with Gasteiger partial charge in [0.25, 0.3) is 0 Å². The number of sulfonamides is 1. The maximum Gasteiger partial charge on any atom is 0.243 e. The van der Waals surface area contributed by atoms with Crippen molar-refractivity contribution in [3.63, 3.8) is 0 Å². The smallest absolute Gasteiger partial charge is 0.243 e. The lowest BCUT2D eigenvalue weighted by atomic mass is 10.1. The quantitative estimate of drug-likeness (QED) is 0.685. The van der Waals surface area contributed by atoms with Crippen LogP contribution >= 0.6 is 43.2 Å². The average Bonchev–Trinajstić information content (AvgIpc) is 2.58. The van der Waals surface area contributed by atoms with Crippen LogP contribution in [0, 0.1) is 0 Å². The number of aliphatic hydroxyl groups is 2. The normalized spacial score (nSPS) is 13.0. The number of hydrogen-bond acceptors (Lipinski definition) is 5. The first-order chi connectivity index (χ1) is 7.74. The number of halogens is 2. The molecule has 1 aromatic heterocycles. The monoisotopic (exact) mass is 407 g/mol. The molecule has 1 rings (SSSR count). The molecule has 0 aliphatic heterocycles. The molecule has 0 aromatic carbocycles. The summed E-state index contributed by atoms with van der Waals surface area (Å²) in [5.41, 5.74) is -1.29. The van der Waals surface area contributed by atoms with Gasteiger partial charge in [-0.3, -0.25) is 0 Å². The summed E-state index contributed by atoms with van der Waals surface area (Å²) in [6.45, 7) is 0.428. The summed E-state index contributed by atoms with van der Waals surface area (Å²) in [7, 11) is -3.79. The largest absolute Gasteiger partial charge is 0.394 e. The van der Waals surface area contributed by atoms with Crippen molar-refractivity contribution in [3.8, 4) is 0 Å². The molecular formula is C8H11Br2NO4S2. The Hall–Kier alpha value is 0.490. The number of nitrogens with one attached hydrogen (secondary N) is 1. The van der Waals surface area contributed by atoms with Gasteiger partial charge < -0.3 is 10.2 Å². The molecule has 0 aliphatic rings. The van der Waals surface area contributed by atoms with Gasteiger partial charge in [-0.15, -0.1) is 11.3 Å². The van der Waals surface area contributed by atoms with E-state index in [9.17, 15) is 8.42 Å². The second kappa shape index (κ2) is 5.64. The van der Waals surface area contributed by atoms with Crippen LogP contribution < -0.4 is 4.72 Å². The fourth-order valence-electron chi connectivity index (χ4n) is 1.00. The van der Waals surface area contributed by atoms with E-state index in [0.29, 0.717) is 7.57 Å². The van der Waals surface area contributed by atoms with Crippen LogP contribution in [0.1, 0.15) is 6.92 Å². The van der Waals surface area contributed by atoms with Crippen LogP contribution in [0.5, 0.6) is 0 Å². The molecule has 9 heteroatoms. The second-order valence-corrected chi connectivity index (χ2v) is 9.07. The minimum atomic E-state index is -3.79. The topological polar surface area (TPSA) is 86.6 Å².